The predicted molar refractivity (Wildman–Crippen MR) is 121 cm³/mol. The maximum Gasteiger partial charge on any atom is 0.264 e. The monoisotopic (exact) mass is 471 g/mol. The Kier molecular flexibility index (Phi) is 5.53. The molecular formula is C22H21N3O5S2. The van der Waals surface area contributed by atoms with Gasteiger partial charge >= 0.3 is 0 Å². The molecule has 1 heterocycles. The number of hydrogen-bond acceptors (Lipinski definition) is 5. The van der Waals surface area contributed by atoms with Gasteiger partial charge in [0.25, 0.3) is 15.9 Å². The Labute approximate surface area is 186 Å². The number of amides is 1. The molecule has 166 valence electrons. The van der Waals surface area contributed by atoms with E-state index in [1.165, 1.54) is 28.6 Å². The second-order valence-corrected chi connectivity index (χ2v) is 10.9. The maximum absolute atomic E-state index is 13.2. The molecular weight excluding hydrogens is 450 g/mol. The summed E-state index contributed by atoms with van der Waals surface area (Å²) in [6.07, 6.45) is 0.478. The number of benzene rings is 3. The predicted octanol–water partition coefficient (Wildman–Crippen LogP) is 2.73. The molecule has 3 aromatic carbocycles. The number of rotatable bonds is 5. The van der Waals surface area contributed by atoms with Crippen LogP contribution in [0.4, 0.5) is 11.4 Å². The van der Waals surface area contributed by atoms with Gasteiger partial charge in [-0.25, -0.2) is 22.0 Å². The van der Waals surface area contributed by atoms with Gasteiger partial charge in [-0.2, -0.15) is 0 Å². The number of carbonyl (C=O) groups excluding carboxylic acids is 1. The van der Waals surface area contributed by atoms with Crippen molar-refractivity contribution < 1.29 is 21.6 Å². The van der Waals surface area contributed by atoms with Gasteiger partial charge in [0.1, 0.15) is 0 Å². The van der Waals surface area contributed by atoms with E-state index in [-0.39, 0.29) is 15.8 Å². The Balaban J connectivity index is 1.58. The molecule has 1 aliphatic heterocycles. The molecule has 4 rings (SSSR count). The molecule has 10 heteroatoms. The first-order valence-corrected chi connectivity index (χ1v) is 12.7. The molecule has 1 amide bonds. The Morgan fingerprint density at radius 2 is 1.59 bits per heavy atom. The fourth-order valence-electron chi connectivity index (χ4n) is 3.75. The molecule has 0 fully saturated rings. The SMILES string of the molecule is C[C@H]1Cc2cc(C(=O)Nc3ccc(S(N)(=O)=O)cc3)ccc2N1S(=O)(=O)c1ccccc1. The van der Waals surface area contributed by atoms with Crippen LogP contribution in [-0.2, 0) is 26.5 Å². The summed E-state index contributed by atoms with van der Waals surface area (Å²) >= 11 is 0. The Morgan fingerprint density at radius 1 is 0.938 bits per heavy atom. The molecule has 0 aromatic heterocycles. The molecule has 0 aliphatic carbocycles. The van der Waals surface area contributed by atoms with Gasteiger partial charge in [0.05, 0.1) is 15.5 Å². The molecule has 8 nitrogen and oxygen atoms in total. The number of hydrogen-bond donors (Lipinski definition) is 2. The first-order valence-electron chi connectivity index (χ1n) is 9.74. The standard InChI is InChI=1S/C22H21N3O5S2/c1-15-13-17-14-16(22(26)24-18-8-10-19(11-9-18)31(23,27)28)7-12-21(17)25(15)32(29,30)20-5-3-2-4-6-20/h2-12,14-15H,13H2,1H3,(H,24,26)(H2,23,27,28)/t15-/m0/s1. The first-order chi connectivity index (χ1) is 15.1. The average molecular weight is 472 g/mol. The van der Waals surface area contributed by atoms with Crippen LogP contribution in [0.1, 0.15) is 22.8 Å². The Morgan fingerprint density at radius 3 is 2.22 bits per heavy atom. The van der Waals surface area contributed by atoms with Crippen LogP contribution in [0.15, 0.2) is 82.6 Å². The number of fused-ring (bicyclic) bond motifs is 1. The minimum absolute atomic E-state index is 0.0539. The summed E-state index contributed by atoms with van der Waals surface area (Å²) in [6.45, 7) is 1.83. The molecule has 32 heavy (non-hydrogen) atoms. The van der Waals surface area contributed by atoms with E-state index in [4.69, 9.17) is 5.14 Å². The lowest BCUT2D eigenvalue weighted by Gasteiger charge is -2.24. The topological polar surface area (TPSA) is 127 Å². The number of nitrogens with two attached hydrogens (primary N) is 1. The highest BCUT2D eigenvalue weighted by Crippen LogP contribution is 2.37. The molecule has 0 spiro atoms. The van der Waals surface area contributed by atoms with Gasteiger partial charge in [0.2, 0.25) is 10.0 Å². The minimum atomic E-state index is -3.82. The van der Waals surface area contributed by atoms with Gasteiger partial charge in [-0.3, -0.25) is 9.10 Å². The summed E-state index contributed by atoms with van der Waals surface area (Å²) in [7, 11) is -7.54. The van der Waals surface area contributed by atoms with Crippen molar-refractivity contribution in [2.75, 3.05) is 9.62 Å². The summed E-state index contributed by atoms with van der Waals surface area (Å²) in [4.78, 5) is 12.8. The van der Waals surface area contributed by atoms with Crippen LogP contribution in [0.5, 0.6) is 0 Å². The summed E-state index contributed by atoms with van der Waals surface area (Å²) in [5, 5.41) is 7.78. The van der Waals surface area contributed by atoms with Crippen molar-refractivity contribution >= 4 is 37.3 Å². The second-order valence-electron chi connectivity index (χ2n) is 7.53. The van der Waals surface area contributed by atoms with Gasteiger partial charge in [-0.1, -0.05) is 18.2 Å². The van der Waals surface area contributed by atoms with Gasteiger partial charge in [0, 0.05) is 17.3 Å². The van der Waals surface area contributed by atoms with Crippen LogP contribution in [0.3, 0.4) is 0 Å². The number of nitrogens with one attached hydrogen (secondary N) is 1. The fraction of sp³-hybridized carbons (Fsp3) is 0.136. The zero-order chi connectivity index (χ0) is 23.1. The van der Waals surface area contributed by atoms with Crippen LogP contribution in [0.25, 0.3) is 0 Å². The lowest BCUT2D eigenvalue weighted by atomic mass is 10.1. The smallest absolute Gasteiger partial charge is 0.264 e. The van der Waals surface area contributed by atoms with E-state index in [2.05, 4.69) is 5.32 Å². The van der Waals surface area contributed by atoms with Gasteiger partial charge in [-0.15, -0.1) is 0 Å². The fourth-order valence-corrected chi connectivity index (χ4v) is 5.98. The molecule has 0 saturated heterocycles. The van der Waals surface area contributed by atoms with Crippen molar-refractivity contribution in [3.63, 3.8) is 0 Å². The van der Waals surface area contributed by atoms with Gasteiger partial charge in [-0.05, 0) is 73.5 Å². The van der Waals surface area contributed by atoms with Crippen LogP contribution in [0, 0.1) is 0 Å². The van der Waals surface area contributed by atoms with Crippen molar-refractivity contribution in [1.29, 1.82) is 0 Å². The normalized spacial score (nSPS) is 15.9. The highest BCUT2D eigenvalue weighted by Gasteiger charge is 2.36. The molecule has 0 bridgehead atoms. The van der Waals surface area contributed by atoms with E-state index in [0.717, 1.165) is 5.56 Å². The van der Waals surface area contributed by atoms with E-state index in [0.29, 0.717) is 23.4 Å². The van der Waals surface area contributed by atoms with Crippen molar-refractivity contribution in [3.8, 4) is 0 Å². The molecule has 3 N–H and O–H groups in total. The quantitative estimate of drug-likeness (QED) is 0.592. The van der Waals surface area contributed by atoms with E-state index in [9.17, 15) is 21.6 Å². The lowest BCUT2D eigenvalue weighted by Crippen LogP contribution is -2.35. The van der Waals surface area contributed by atoms with E-state index >= 15 is 0 Å². The number of carbonyl (C=O) groups is 1. The molecule has 0 saturated carbocycles. The van der Waals surface area contributed by atoms with Crippen LogP contribution >= 0.6 is 0 Å². The number of nitrogens with zero attached hydrogens (tertiary/aromatic N) is 1. The Bertz CT molecular complexity index is 1390. The first kappa shape index (κ1) is 22.0. The highest BCUT2D eigenvalue weighted by atomic mass is 32.2. The van der Waals surface area contributed by atoms with Crippen LogP contribution in [0.2, 0.25) is 0 Å². The third-order valence-corrected chi connectivity index (χ3v) is 8.11. The van der Waals surface area contributed by atoms with Crippen LogP contribution in [-0.4, -0.2) is 28.8 Å². The van der Waals surface area contributed by atoms with Crippen LogP contribution < -0.4 is 14.8 Å². The van der Waals surface area contributed by atoms with Gasteiger partial charge in [0.15, 0.2) is 0 Å². The zero-order valence-corrected chi connectivity index (χ0v) is 18.7. The zero-order valence-electron chi connectivity index (χ0n) is 17.1. The lowest BCUT2D eigenvalue weighted by molar-refractivity contribution is 0.102. The summed E-state index contributed by atoms with van der Waals surface area (Å²) < 4.78 is 50.4. The van der Waals surface area contributed by atoms with Crippen molar-refractivity contribution in [1.82, 2.24) is 0 Å². The minimum Gasteiger partial charge on any atom is -0.322 e. The third-order valence-electron chi connectivity index (χ3n) is 5.24. The third kappa shape index (κ3) is 4.12. The number of primary sulfonamides is 1. The maximum atomic E-state index is 13.2. The van der Waals surface area contributed by atoms with E-state index < -0.39 is 26.0 Å². The summed E-state index contributed by atoms with van der Waals surface area (Å²) in [5.74, 6) is -0.395. The molecule has 0 unspecified atom stereocenters. The van der Waals surface area contributed by atoms with E-state index in [1.807, 2.05) is 6.92 Å². The van der Waals surface area contributed by atoms with Gasteiger partial charge < -0.3 is 5.32 Å². The number of sulfonamides is 2. The molecule has 3 aromatic rings. The molecule has 0 radical (unpaired) electrons. The molecule has 1 aliphatic rings. The number of anilines is 2. The summed E-state index contributed by atoms with van der Waals surface area (Å²) in [5.41, 5.74) is 2.08. The Hall–Kier alpha value is -3.21. The largest absolute Gasteiger partial charge is 0.322 e. The average Bonchev–Trinajstić information content (AvgIpc) is 3.09. The van der Waals surface area contributed by atoms with Crippen molar-refractivity contribution in [2.24, 2.45) is 5.14 Å². The summed E-state index contributed by atoms with van der Waals surface area (Å²) in [6, 6.07) is 18.3. The van der Waals surface area contributed by atoms with E-state index in [1.54, 1.807) is 48.5 Å². The highest BCUT2D eigenvalue weighted by molar-refractivity contribution is 7.93. The van der Waals surface area contributed by atoms with Crippen molar-refractivity contribution in [3.05, 3.63) is 83.9 Å². The molecule has 1 atom stereocenters. The second kappa shape index (κ2) is 8.05. The van der Waals surface area contributed by atoms with Crippen molar-refractivity contribution in [2.45, 2.75) is 29.2 Å².